The van der Waals surface area contributed by atoms with Crippen LogP contribution in [0.5, 0.6) is 0 Å². The second-order valence-corrected chi connectivity index (χ2v) is 3.40. The molecule has 0 radical (unpaired) electrons. The summed E-state index contributed by atoms with van der Waals surface area (Å²) in [5, 5.41) is 10.5. The van der Waals surface area contributed by atoms with Crippen LogP contribution in [0.4, 0.5) is 5.69 Å². The Morgan fingerprint density at radius 2 is 2.17 bits per heavy atom. The van der Waals surface area contributed by atoms with Gasteiger partial charge in [0, 0.05) is 12.1 Å². The smallest absolute Gasteiger partial charge is 0.313 e. The summed E-state index contributed by atoms with van der Waals surface area (Å²) in [5.74, 6) is -1.04. The molecule has 0 unspecified atom stereocenters. The molecule has 0 aromatic heterocycles. The van der Waals surface area contributed by atoms with Crippen LogP contribution in [0.2, 0.25) is 0 Å². The molecule has 0 saturated carbocycles. The average Bonchev–Trinajstić information content (AvgIpc) is 2.36. The van der Waals surface area contributed by atoms with E-state index in [1.54, 1.807) is 6.07 Å². The number of nitrogens with zero attached hydrogens (tertiary/aromatic N) is 1. The summed E-state index contributed by atoms with van der Waals surface area (Å²) in [5.41, 5.74) is 0.458. The van der Waals surface area contributed by atoms with E-state index in [1.807, 2.05) is 0 Å². The maximum Gasteiger partial charge on any atom is 0.313 e. The van der Waals surface area contributed by atoms with Gasteiger partial charge >= 0.3 is 5.97 Å². The number of methoxy groups -OCH3 is 1. The van der Waals surface area contributed by atoms with E-state index in [0.717, 1.165) is 0 Å². The van der Waals surface area contributed by atoms with Gasteiger partial charge in [0.15, 0.2) is 5.78 Å². The van der Waals surface area contributed by atoms with E-state index >= 15 is 0 Å². The van der Waals surface area contributed by atoms with Gasteiger partial charge in [-0.15, -0.1) is 0 Å². The quantitative estimate of drug-likeness (QED) is 0.261. The first-order chi connectivity index (χ1) is 8.52. The van der Waals surface area contributed by atoms with E-state index in [0.29, 0.717) is 5.56 Å². The van der Waals surface area contributed by atoms with Crippen molar-refractivity contribution in [1.82, 2.24) is 0 Å². The van der Waals surface area contributed by atoms with Gasteiger partial charge in [-0.3, -0.25) is 19.7 Å². The number of nitro benzene ring substituents is 1. The molecule has 0 heterocycles. The van der Waals surface area contributed by atoms with Crippen LogP contribution in [-0.4, -0.2) is 23.8 Å². The van der Waals surface area contributed by atoms with E-state index in [-0.39, 0.29) is 12.1 Å². The molecule has 0 aliphatic carbocycles. The maximum atomic E-state index is 11.3. The fraction of sp³-hybridized carbons (Fsp3) is 0.167. The number of ether oxygens (including phenoxy) is 1. The predicted octanol–water partition coefficient (Wildman–Crippen LogP) is 1.74. The van der Waals surface area contributed by atoms with Gasteiger partial charge in [0.1, 0.15) is 6.42 Å². The van der Waals surface area contributed by atoms with Crippen LogP contribution in [-0.2, 0) is 14.3 Å². The van der Waals surface area contributed by atoms with Crippen molar-refractivity contribution in [3.63, 3.8) is 0 Å². The topological polar surface area (TPSA) is 86.5 Å². The van der Waals surface area contributed by atoms with Gasteiger partial charge in [-0.05, 0) is 11.6 Å². The minimum absolute atomic E-state index is 0.0578. The SMILES string of the molecule is COC(=O)CC(=O)C=Cc1cccc([N+](=O)[O-])c1. The van der Waals surface area contributed by atoms with Crippen molar-refractivity contribution in [2.45, 2.75) is 6.42 Å². The lowest BCUT2D eigenvalue weighted by molar-refractivity contribution is -0.384. The number of carbonyl (C=O) groups is 2. The van der Waals surface area contributed by atoms with Crippen molar-refractivity contribution < 1.29 is 19.2 Å². The molecular formula is C12H11NO5. The summed E-state index contributed by atoms with van der Waals surface area (Å²) in [7, 11) is 1.19. The van der Waals surface area contributed by atoms with Gasteiger partial charge < -0.3 is 4.74 Å². The molecule has 1 rings (SSSR count). The Balaban J connectivity index is 2.72. The maximum absolute atomic E-state index is 11.3. The summed E-state index contributed by atoms with van der Waals surface area (Å²) in [4.78, 5) is 32.1. The third kappa shape index (κ3) is 4.17. The normalized spacial score (nSPS) is 10.3. The molecule has 0 N–H and O–H groups in total. The minimum Gasteiger partial charge on any atom is -0.469 e. The number of esters is 1. The highest BCUT2D eigenvalue weighted by atomic mass is 16.6. The first kappa shape index (κ1) is 13.6. The second-order valence-electron chi connectivity index (χ2n) is 3.40. The third-order valence-electron chi connectivity index (χ3n) is 2.09. The van der Waals surface area contributed by atoms with Crippen LogP contribution < -0.4 is 0 Å². The zero-order valence-corrected chi connectivity index (χ0v) is 9.66. The van der Waals surface area contributed by atoms with E-state index in [1.165, 1.54) is 37.5 Å². The van der Waals surface area contributed by atoms with E-state index in [4.69, 9.17) is 0 Å². The highest BCUT2D eigenvalue weighted by Crippen LogP contribution is 2.14. The third-order valence-corrected chi connectivity index (χ3v) is 2.09. The highest BCUT2D eigenvalue weighted by molar-refractivity contribution is 6.03. The Labute approximate surface area is 103 Å². The molecule has 0 atom stereocenters. The molecule has 0 fully saturated rings. The molecule has 94 valence electrons. The van der Waals surface area contributed by atoms with Crippen LogP contribution in [0.3, 0.4) is 0 Å². The second kappa shape index (κ2) is 6.29. The lowest BCUT2D eigenvalue weighted by atomic mass is 10.1. The van der Waals surface area contributed by atoms with Gasteiger partial charge in [-0.1, -0.05) is 18.2 Å². The van der Waals surface area contributed by atoms with Gasteiger partial charge in [-0.2, -0.15) is 0 Å². The van der Waals surface area contributed by atoms with Crippen LogP contribution >= 0.6 is 0 Å². The lowest BCUT2D eigenvalue weighted by Gasteiger charge is -1.95. The van der Waals surface area contributed by atoms with Gasteiger partial charge in [0.2, 0.25) is 0 Å². The number of benzene rings is 1. The average molecular weight is 249 g/mol. The molecule has 0 amide bonds. The molecule has 18 heavy (non-hydrogen) atoms. The molecule has 0 aliphatic heterocycles. The van der Waals surface area contributed by atoms with Crippen LogP contribution in [0, 0.1) is 10.1 Å². The summed E-state index contributed by atoms with van der Waals surface area (Å²) >= 11 is 0. The van der Waals surface area contributed by atoms with E-state index in [2.05, 4.69) is 4.74 Å². The molecule has 1 aromatic rings. The number of hydrogen-bond donors (Lipinski definition) is 0. The summed E-state index contributed by atoms with van der Waals surface area (Å²) < 4.78 is 4.34. The molecule has 0 aliphatic rings. The Kier molecular flexibility index (Phi) is 4.74. The fourth-order valence-corrected chi connectivity index (χ4v) is 1.20. The number of nitro groups is 1. The summed E-state index contributed by atoms with van der Waals surface area (Å²) in [6, 6.07) is 5.83. The first-order valence-corrected chi connectivity index (χ1v) is 5.05. The van der Waals surface area contributed by atoms with Crippen LogP contribution in [0.25, 0.3) is 6.08 Å². The van der Waals surface area contributed by atoms with Crippen LogP contribution in [0.1, 0.15) is 12.0 Å². The lowest BCUT2D eigenvalue weighted by Crippen LogP contribution is -2.06. The van der Waals surface area contributed by atoms with Gasteiger partial charge in [0.05, 0.1) is 12.0 Å². The molecule has 1 aromatic carbocycles. The van der Waals surface area contributed by atoms with Crippen molar-refractivity contribution in [3.8, 4) is 0 Å². The highest BCUT2D eigenvalue weighted by Gasteiger charge is 2.07. The summed E-state index contributed by atoms with van der Waals surface area (Å²) in [6.07, 6.45) is 2.26. The summed E-state index contributed by atoms with van der Waals surface area (Å²) in [6.45, 7) is 0. The number of rotatable bonds is 5. The van der Waals surface area contributed by atoms with Crippen molar-refractivity contribution in [3.05, 3.63) is 46.0 Å². The van der Waals surface area contributed by atoms with E-state index in [9.17, 15) is 19.7 Å². The molecule has 6 nitrogen and oxygen atoms in total. The number of hydrogen-bond acceptors (Lipinski definition) is 5. The van der Waals surface area contributed by atoms with Gasteiger partial charge in [-0.25, -0.2) is 0 Å². The zero-order chi connectivity index (χ0) is 13.5. The standard InChI is InChI=1S/C12H11NO5/c1-18-12(15)8-11(14)6-5-9-3-2-4-10(7-9)13(16)17/h2-7H,8H2,1H3. The number of allylic oxidation sites excluding steroid dienone is 1. The molecule has 0 saturated heterocycles. The number of non-ortho nitro benzene ring substituents is 1. The Morgan fingerprint density at radius 1 is 1.44 bits per heavy atom. The van der Waals surface area contributed by atoms with Gasteiger partial charge in [0.25, 0.3) is 5.69 Å². The Hall–Kier alpha value is -2.50. The van der Waals surface area contributed by atoms with E-state index < -0.39 is 16.7 Å². The van der Waals surface area contributed by atoms with Crippen molar-refractivity contribution in [2.24, 2.45) is 0 Å². The largest absolute Gasteiger partial charge is 0.469 e. The molecular weight excluding hydrogens is 238 g/mol. The van der Waals surface area contributed by atoms with Crippen molar-refractivity contribution >= 4 is 23.5 Å². The van der Waals surface area contributed by atoms with Crippen molar-refractivity contribution in [1.29, 1.82) is 0 Å². The fourth-order valence-electron chi connectivity index (χ4n) is 1.20. The molecule has 0 spiro atoms. The number of carbonyl (C=O) groups excluding carboxylic acids is 2. The molecule has 0 bridgehead atoms. The number of ketones is 1. The predicted molar refractivity (Wildman–Crippen MR) is 63.8 cm³/mol. The molecule has 6 heteroatoms. The first-order valence-electron chi connectivity index (χ1n) is 5.05. The monoisotopic (exact) mass is 249 g/mol. The zero-order valence-electron chi connectivity index (χ0n) is 9.66. The Morgan fingerprint density at radius 3 is 2.78 bits per heavy atom. The minimum atomic E-state index is -0.622. The van der Waals surface area contributed by atoms with Crippen molar-refractivity contribution in [2.75, 3.05) is 7.11 Å². The Bertz CT molecular complexity index is 507. The van der Waals surface area contributed by atoms with Crippen LogP contribution in [0.15, 0.2) is 30.3 Å².